The molecular weight excluding hydrogens is 508 g/mol. The van der Waals surface area contributed by atoms with Gasteiger partial charge >= 0.3 is 0 Å². The molecular formula is C28H32N2O9. The average molecular weight is 541 g/mol. The van der Waals surface area contributed by atoms with Crippen LogP contribution >= 0.6 is 0 Å². The number of hydrogen-bond acceptors (Lipinski definition) is 10. The second kappa shape index (κ2) is 9.58. The van der Waals surface area contributed by atoms with Gasteiger partial charge in [0.15, 0.2) is 17.2 Å². The molecule has 39 heavy (non-hydrogen) atoms. The van der Waals surface area contributed by atoms with Crippen molar-refractivity contribution in [3.05, 3.63) is 45.7 Å². The zero-order chi connectivity index (χ0) is 28.4. The summed E-state index contributed by atoms with van der Waals surface area (Å²) >= 11 is 0. The van der Waals surface area contributed by atoms with E-state index in [1.54, 1.807) is 13.8 Å². The van der Waals surface area contributed by atoms with Gasteiger partial charge in [-0.25, -0.2) is 0 Å². The van der Waals surface area contributed by atoms with Crippen LogP contribution in [0.4, 0.5) is 0 Å². The Labute approximate surface area is 224 Å². The van der Waals surface area contributed by atoms with Crippen molar-refractivity contribution in [2.75, 3.05) is 32.8 Å². The highest BCUT2D eigenvalue weighted by atomic mass is 16.5. The molecule has 11 nitrogen and oxygen atoms in total. The fraction of sp³-hybridized carbons (Fsp3) is 0.500. The van der Waals surface area contributed by atoms with Crippen LogP contribution in [0.1, 0.15) is 41.8 Å². The highest BCUT2D eigenvalue weighted by Crippen LogP contribution is 2.54. The number of Topliss-reactive ketones (excluding diaryl/α,β-unsaturated/α-hetero) is 3. The first-order valence-electron chi connectivity index (χ1n) is 13.1. The van der Waals surface area contributed by atoms with Crippen molar-refractivity contribution in [2.24, 2.45) is 29.4 Å². The number of hydrogen-bond donors (Lipinski definition) is 5. The number of nitrogens with two attached hydrogens (primary N) is 1. The SMILES string of the molecule is CC(C)[C@@H]1C(=O)C(C(N)=O)=C(O)[C@@]2(O)C(=O)C3=C(O)c4c(O)ccc(C(=O)CN5CCOCC5)c4C[C@H]3C[C@@H]12. The Kier molecular flexibility index (Phi) is 6.64. The number of ether oxygens (including phenoxy) is 1. The number of aliphatic hydroxyl groups excluding tert-OH is 2. The standard InChI is InChI=1S/C28H32N2O9/c1-12(2)19-16-10-13-9-15-14(18(32)11-30-5-7-39-8-6-30)3-4-17(31)21(15)24(34)20(13)25(35)28(16,38)26(36)22(23(19)33)27(29)37/h3-4,12-13,16,19,31,34,36,38H,5-11H2,1-2H3,(H2,29,37)/t13-,16-,19-,28-/m0/s1. The van der Waals surface area contributed by atoms with Crippen molar-refractivity contribution in [3.63, 3.8) is 0 Å². The fourth-order valence-corrected chi connectivity index (χ4v) is 6.79. The van der Waals surface area contributed by atoms with Gasteiger partial charge < -0.3 is 30.9 Å². The Hall–Kier alpha value is -3.54. The largest absolute Gasteiger partial charge is 0.508 e. The van der Waals surface area contributed by atoms with Crippen LogP contribution in [0.3, 0.4) is 0 Å². The molecule has 1 aliphatic heterocycles. The number of ketones is 3. The summed E-state index contributed by atoms with van der Waals surface area (Å²) in [6.07, 6.45) is 0.0797. The third-order valence-electron chi connectivity index (χ3n) is 8.62. The van der Waals surface area contributed by atoms with E-state index >= 15 is 0 Å². The lowest BCUT2D eigenvalue weighted by molar-refractivity contribution is -0.155. The minimum Gasteiger partial charge on any atom is -0.508 e. The van der Waals surface area contributed by atoms with Crippen molar-refractivity contribution in [3.8, 4) is 5.75 Å². The van der Waals surface area contributed by atoms with E-state index in [1.807, 2.05) is 4.90 Å². The molecule has 1 aromatic rings. The molecule has 6 N–H and O–H groups in total. The van der Waals surface area contributed by atoms with Crippen LogP contribution in [0.25, 0.3) is 5.76 Å². The Morgan fingerprint density at radius 3 is 2.44 bits per heavy atom. The predicted molar refractivity (Wildman–Crippen MR) is 137 cm³/mol. The van der Waals surface area contributed by atoms with E-state index < -0.39 is 63.8 Å². The van der Waals surface area contributed by atoms with E-state index in [1.165, 1.54) is 12.1 Å². The number of aromatic hydroxyl groups is 1. The number of morpholine rings is 1. The second-order valence-electron chi connectivity index (χ2n) is 11.1. The van der Waals surface area contributed by atoms with Gasteiger partial charge in [-0.15, -0.1) is 0 Å². The molecule has 11 heteroatoms. The molecule has 0 radical (unpaired) electrons. The molecule has 1 saturated carbocycles. The number of carbonyl (C=O) groups excluding carboxylic acids is 4. The van der Waals surface area contributed by atoms with E-state index in [-0.39, 0.29) is 42.1 Å². The number of phenolic OH excluding ortho intramolecular Hbond substituents is 1. The van der Waals surface area contributed by atoms with Gasteiger partial charge in [-0.1, -0.05) is 13.8 Å². The van der Waals surface area contributed by atoms with Gasteiger partial charge in [-0.2, -0.15) is 0 Å². The number of carbonyl (C=O) groups is 4. The maximum atomic E-state index is 13.9. The van der Waals surface area contributed by atoms with E-state index in [0.717, 1.165) is 0 Å². The average Bonchev–Trinajstić information content (AvgIpc) is 2.86. The van der Waals surface area contributed by atoms with Crippen LogP contribution in [0, 0.1) is 23.7 Å². The summed E-state index contributed by atoms with van der Waals surface area (Å²) in [5.74, 6) is -8.62. The van der Waals surface area contributed by atoms with E-state index in [2.05, 4.69) is 0 Å². The van der Waals surface area contributed by atoms with Gasteiger partial charge in [-0.3, -0.25) is 24.1 Å². The fourth-order valence-electron chi connectivity index (χ4n) is 6.79. The van der Waals surface area contributed by atoms with Gasteiger partial charge in [0.05, 0.1) is 25.3 Å². The lowest BCUT2D eigenvalue weighted by atomic mass is 9.54. The zero-order valence-electron chi connectivity index (χ0n) is 21.8. The molecule has 0 spiro atoms. The Morgan fingerprint density at radius 2 is 1.82 bits per heavy atom. The molecule has 1 heterocycles. The number of amides is 1. The number of rotatable bonds is 5. The van der Waals surface area contributed by atoms with Gasteiger partial charge in [0, 0.05) is 36.1 Å². The summed E-state index contributed by atoms with van der Waals surface area (Å²) in [6, 6.07) is 2.76. The van der Waals surface area contributed by atoms with Crippen molar-refractivity contribution in [1.82, 2.24) is 4.90 Å². The normalized spacial score (nSPS) is 29.3. The third-order valence-corrected chi connectivity index (χ3v) is 8.62. The van der Waals surface area contributed by atoms with Crippen LogP contribution in [-0.4, -0.2) is 87.0 Å². The minimum absolute atomic E-state index is 0.00148. The maximum absolute atomic E-state index is 13.9. The third kappa shape index (κ3) is 3.98. The van der Waals surface area contributed by atoms with Crippen molar-refractivity contribution < 1.29 is 44.3 Å². The molecule has 3 aliphatic carbocycles. The molecule has 2 fully saturated rings. The quantitative estimate of drug-likeness (QED) is 0.264. The first kappa shape index (κ1) is 27.0. The Bertz CT molecular complexity index is 1350. The lowest BCUT2D eigenvalue weighted by Gasteiger charge is -2.50. The molecule has 0 bridgehead atoms. The molecule has 1 amide bonds. The number of benzene rings is 1. The summed E-state index contributed by atoms with van der Waals surface area (Å²) in [5, 5.41) is 44.6. The highest BCUT2D eigenvalue weighted by molar-refractivity contribution is 6.23. The molecule has 0 unspecified atom stereocenters. The van der Waals surface area contributed by atoms with Crippen LogP contribution in [0.5, 0.6) is 5.75 Å². The summed E-state index contributed by atoms with van der Waals surface area (Å²) in [4.78, 5) is 54.5. The number of fused-ring (bicyclic) bond motifs is 3. The van der Waals surface area contributed by atoms with Crippen LogP contribution in [0.2, 0.25) is 0 Å². The maximum Gasteiger partial charge on any atom is 0.255 e. The summed E-state index contributed by atoms with van der Waals surface area (Å²) in [7, 11) is 0. The molecule has 0 aromatic heterocycles. The van der Waals surface area contributed by atoms with Crippen molar-refractivity contribution >= 4 is 29.0 Å². The Morgan fingerprint density at radius 1 is 1.15 bits per heavy atom. The van der Waals surface area contributed by atoms with Gasteiger partial charge in [0.2, 0.25) is 5.78 Å². The van der Waals surface area contributed by atoms with Gasteiger partial charge in [0.25, 0.3) is 5.91 Å². The van der Waals surface area contributed by atoms with Gasteiger partial charge in [-0.05, 0) is 42.4 Å². The predicted octanol–water partition coefficient (Wildman–Crippen LogP) is 0.821. The number of aliphatic hydroxyl groups is 3. The van der Waals surface area contributed by atoms with Crippen LogP contribution in [0.15, 0.2) is 29.0 Å². The van der Waals surface area contributed by atoms with E-state index in [9.17, 15) is 39.6 Å². The molecule has 1 saturated heterocycles. The number of nitrogens with zero attached hydrogens (tertiary/aromatic N) is 1. The van der Waals surface area contributed by atoms with E-state index in [0.29, 0.717) is 37.4 Å². The monoisotopic (exact) mass is 540 g/mol. The first-order chi connectivity index (χ1) is 18.4. The number of phenols is 1. The second-order valence-corrected chi connectivity index (χ2v) is 11.1. The Balaban J connectivity index is 1.63. The van der Waals surface area contributed by atoms with Crippen LogP contribution < -0.4 is 5.73 Å². The molecule has 208 valence electrons. The summed E-state index contributed by atoms with van der Waals surface area (Å²) in [5.41, 5.74) is 2.22. The van der Waals surface area contributed by atoms with Crippen molar-refractivity contribution in [1.29, 1.82) is 0 Å². The zero-order valence-corrected chi connectivity index (χ0v) is 21.8. The van der Waals surface area contributed by atoms with Gasteiger partial charge in [0.1, 0.15) is 22.8 Å². The molecule has 5 rings (SSSR count). The lowest BCUT2D eigenvalue weighted by Crippen LogP contribution is -2.62. The summed E-state index contributed by atoms with van der Waals surface area (Å²) in [6.45, 7) is 5.72. The van der Waals surface area contributed by atoms with Crippen LogP contribution in [-0.2, 0) is 25.5 Å². The number of primary amides is 1. The highest BCUT2D eigenvalue weighted by Gasteiger charge is 2.64. The summed E-state index contributed by atoms with van der Waals surface area (Å²) < 4.78 is 5.34. The van der Waals surface area contributed by atoms with E-state index in [4.69, 9.17) is 10.5 Å². The first-order valence-corrected chi connectivity index (χ1v) is 13.1. The van der Waals surface area contributed by atoms with Crippen molar-refractivity contribution in [2.45, 2.75) is 32.3 Å². The molecule has 4 aliphatic rings. The topological polar surface area (TPSA) is 188 Å². The molecule has 4 atom stereocenters. The molecule has 1 aromatic carbocycles. The smallest absolute Gasteiger partial charge is 0.255 e. The minimum atomic E-state index is -2.66.